The molecule has 4 nitrogen and oxygen atoms in total. The first-order valence-electron chi connectivity index (χ1n) is 9.15. The number of methoxy groups -OCH3 is 1. The fourth-order valence-corrected chi connectivity index (χ4v) is 2.98. The molecule has 138 valence electrons. The Hall–Kier alpha value is -1.62. The van der Waals surface area contributed by atoms with Crippen LogP contribution in [0, 0.1) is 5.92 Å². The maximum absolute atomic E-state index is 10.1. The maximum atomic E-state index is 10.1. The molecule has 1 unspecified atom stereocenters. The minimum atomic E-state index is -0.449. The molecule has 2 aromatic rings. The normalized spacial score (nSPS) is 12.9. The van der Waals surface area contributed by atoms with Crippen LogP contribution >= 0.6 is 0 Å². The fraction of sp³-hybridized carbons (Fsp3) is 0.524. The lowest BCUT2D eigenvalue weighted by Gasteiger charge is -2.26. The van der Waals surface area contributed by atoms with Gasteiger partial charge in [-0.15, -0.1) is 0 Å². The van der Waals surface area contributed by atoms with Crippen LogP contribution < -0.4 is 0 Å². The highest BCUT2D eigenvalue weighted by atomic mass is 16.5. The molecule has 1 aromatic carbocycles. The Labute approximate surface area is 152 Å². The van der Waals surface area contributed by atoms with Gasteiger partial charge >= 0.3 is 0 Å². The number of rotatable bonds is 11. The van der Waals surface area contributed by atoms with E-state index >= 15 is 0 Å². The minimum Gasteiger partial charge on any atom is -0.389 e. The molecule has 1 atom stereocenters. The van der Waals surface area contributed by atoms with Crippen molar-refractivity contribution in [3.8, 4) is 0 Å². The molecule has 1 aromatic heterocycles. The Kier molecular flexibility index (Phi) is 8.19. The summed E-state index contributed by atoms with van der Waals surface area (Å²) in [5.74, 6) is 0.651. The summed E-state index contributed by atoms with van der Waals surface area (Å²) in [6.45, 7) is 8.19. The Morgan fingerprint density at radius 2 is 1.88 bits per heavy atom. The molecule has 0 bridgehead atoms. The van der Waals surface area contributed by atoms with Crippen LogP contribution in [0.3, 0.4) is 0 Å². The van der Waals surface area contributed by atoms with Crippen molar-refractivity contribution in [2.24, 2.45) is 5.92 Å². The van der Waals surface area contributed by atoms with Crippen LogP contribution in [0.25, 0.3) is 0 Å². The summed E-state index contributed by atoms with van der Waals surface area (Å²) in [6.07, 6.45) is 2.81. The van der Waals surface area contributed by atoms with Gasteiger partial charge in [0.1, 0.15) is 0 Å². The van der Waals surface area contributed by atoms with Crippen LogP contribution in [0.2, 0.25) is 0 Å². The van der Waals surface area contributed by atoms with Crippen molar-refractivity contribution < 1.29 is 9.84 Å². The van der Waals surface area contributed by atoms with Crippen molar-refractivity contribution in [2.45, 2.75) is 39.5 Å². The van der Waals surface area contributed by atoms with E-state index in [1.165, 1.54) is 11.3 Å². The molecule has 0 radical (unpaired) electrons. The Bertz CT molecular complexity index is 595. The molecule has 0 aliphatic carbocycles. The zero-order valence-electron chi connectivity index (χ0n) is 15.8. The zero-order valence-corrected chi connectivity index (χ0v) is 15.8. The van der Waals surface area contributed by atoms with Gasteiger partial charge in [0, 0.05) is 38.6 Å². The van der Waals surface area contributed by atoms with Gasteiger partial charge in [0.05, 0.1) is 12.7 Å². The molecule has 1 N–H and O–H groups in total. The highest BCUT2D eigenvalue weighted by Gasteiger charge is 2.14. The number of hydrogen-bond donors (Lipinski definition) is 1. The number of aliphatic hydroxyl groups excluding tert-OH is 1. The Morgan fingerprint density at radius 3 is 2.56 bits per heavy atom. The van der Waals surface area contributed by atoms with Gasteiger partial charge < -0.3 is 14.4 Å². The van der Waals surface area contributed by atoms with Gasteiger partial charge in [0.25, 0.3) is 0 Å². The lowest BCUT2D eigenvalue weighted by molar-refractivity contribution is 0.0343. The summed E-state index contributed by atoms with van der Waals surface area (Å²) in [5.41, 5.74) is 2.57. The summed E-state index contributed by atoms with van der Waals surface area (Å²) in [6, 6.07) is 14.8. The number of aromatic nitrogens is 1. The van der Waals surface area contributed by atoms with Crippen LogP contribution in [0.15, 0.2) is 48.7 Å². The average molecular weight is 344 g/mol. The van der Waals surface area contributed by atoms with E-state index < -0.39 is 6.10 Å². The van der Waals surface area contributed by atoms with E-state index in [1.54, 1.807) is 7.11 Å². The largest absolute Gasteiger partial charge is 0.389 e. The van der Waals surface area contributed by atoms with E-state index in [2.05, 4.69) is 65.9 Å². The first kappa shape index (κ1) is 19.7. The third kappa shape index (κ3) is 7.02. The van der Waals surface area contributed by atoms with Gasteiger partial charge in [-0.25, -0.2) is 0 Å². The molecule has 0 aliphatic rings. The molecule has 25 heavy (non-hydrogen) atoms. The molecule has 4 heteroatoms. The Balaban J connectivity index is 2.03. The smallest absolute Gasteiger partial charge is 0.0900 e. The number of ether oxygens (including phenoxy) is 1. The van der Waals surface area contributed by atoms with E-state index in [0.717, 1.165) is 26.1 Å². The molecule has 0 spiro atoms. The van der Waals surface area contributed by atoms with Crippen molar-refractivity contribution in [1.29, 1.82) is 0 Å². The fourth-order valence-electron chi connectivity index (χ4n) is 2.98. The molecule has 0 aliphatic heterocycles. The van der Waals surface area contributed by atoms with Crippen LogP contribution in [-0.4, -0.2) is 47.5 Å². The van der Waals surface area contributed by atoms with E-state index in [-0.39, 0.29) is 0 Å². The van der Waals surface area contributed by atoms with Gasteiger partial charge in [-0.3, -0.25) is 4.90 Å². The zero-order chi connectivity index (χ0) is 18.1. The number of benzene rings is 1. The topological polar surface area (TPSA) is 37.6 Å². The predicted molar refractivity (Wildman–Crippen MR) is 103 cm³/mol. The molecule has 1 heterocycles. The van der Waals surface area contributed by atoms with Crippen molar-refractivity contribution in [2.75, 3.05) is 26.8 Å². The minimum absolute atomic E-state index is 0.378. The molecule has 0 saturated heterocycles. The highest BCUT2D eigenvalue weighted by Crippen LogP contribution is 2.13. The number of aliphatic hydroxyl groups is 1. The third-order valence-electron chi connectivity index (χ3n) is 4.36. The second kappa shape index (κ2) is 10.4. The van der Waals surface area contributed by atoms with Gasteiger partial charge in [0.15, 0.2) is 0 Å². The van der Waals surface area contributed by atoms with Gasteiger partial charge in [-0.05, 0) is 36.6 Å². The number of hydrogen-bond acceptors (Lipinski definition) is 3. The second-order valence-corrected chi connectivity index (χ2v) is 7.14. The monoisotopic (exact) mass is 344 g/mol. The standard InChI is InChI=1S/C21H32N2O2/c1-18(2)11-13-22(16-21(24)17-25-3)15-20-10-7-12-23(20)14-19-8-5-4-6-9-19/h4-10,12,18,21,24H,11,13-17H2,1-3H3. The van der Waals surface area contributed by atoms with E-state index in [4.69, 9.17) is 4.74 Å². The molecule has 2 rings (SSSR count). The quantitative estimate of drug-likeness (QED) is 0.679. The van der Waals surface area contributed by atoms with Crippen LogP contribution in [0.4, 0.5) is 0 Å². The summed E-state index contributed by atoms with van der Waals surface area (Å²) in [4.78, 5) is 2.33. The average Bonchev–Trinajstić information content (AvgIpc) is 3.00. The first-order chi connectivity index (χ1) is 12.1. The van der Waals surface area contributed by atoms with Crippen LogP contribution in [0.5, 0.6) is 0 Å². The Morgan fingerprint density at radius 1 is 1.12 bits per heavy atom. The van der Waals surface area contributed by atoms with Gasteiger partial charge in [0.2, 0.25) is 0 Å². The summed E-state index contributed by atoms with van der Waals surface area (Å²) in [5, 5.41) is 10.1. The predicted octanol–water partition coefficient (Wildman–Crippen LogP) is 3.39. The maximum Gasteiger partial charge on any atom is 0.0900 e. The molecular weight excluding hydrogens is 312 g/mol. The van der Waals surface area contributed by atoms with Gasteiger partial charge in [-0.2, -0.15) is 0 Å². The molecule has 0 fully saturated rings. The molecule has 0 saturated carbocycles. The molecular formula is C21H32N2O2. The summed E-state index contributed by atoms with van der Waals surface area (Å²) in [7, 11) is 1.63. The van der Waals surface area contributed by atoms with E-state index in [1.807, 2.05) is 6.07 Å². The summed E-state index contributed by atoms with van der Waals surface area (Å²) < 4.78 is 7.38. The highest BCUT2D eigenvalue weighted by molar-refractivity contribution is 5.17. The number of nitrogens with zero attached hydrogens (tertiary/aromatic N) is 2. The van der Waals surface area contributed by atoms with Crippen LogP contribution in [-0.2, 0) is 17.8 Å². The SMILES string of the molecule is COCC(O)CN(CCC(C)C)Cc1cccn1Cc1ccccc1. The van der Waals surface area contributed by atoms with Crippen molar-refractivity contribution in [1.82, 2.24) is 9.47 Å². The lowest BCUT2D eigenvalue weighted by Crippen LogP contribution is -2.36. The van der Waals surface area contributed by atoms with Gasteiger partial charge in [-0.1, -0.05) is 44.2 Å². The van der Waals surface area contributed by atoms with Crippen molar-refractivity contribution in [3.63, 3.8) is 0 Å². The second-order valence-electron chi connectivity index (χ2n) is 7.14. The summed E-state index contributed by atoms with van der Waals surface area (Å²) >= 11 is 0. The van der Waals surface area contributed by atoms with Crippen LogP contribution in [0.1, 0.15) is 31.5 Å². The molecule has 0 amide bonds. The van der Waals surface area contributed by atoms with Crippen molar-refractivity contribution >= 4 is 0 Å². The van der Waals surface area contributed by atoms with E-state index in [9.17, 15) is 5.11 Å². The first-order valence-corrected chi connectivity index (χ1v) is 9.15. The third-order valence-corrected chi connectivity index (χ3v) is 4.36. The van der Waals surface area contributed by atoms with Crippen molar-refractivity contribution in [3.05, 3.63) is 59.9 Å². The van der Waals surface area contributed by atoms with E-state index in [0.29, 0.717) is 19.1 Å². The lowest BCUT2D eigenvalue weighted by atomic mass is 10.1.